The van der Waals surface area contributed by atoms with Crippen molar-refractivity contribution in [3.8, 4) is 24.2 Å². The molecule has 1 rings (SSSR count). The molecule has 0 aliphatic rings. The Morgan fingerprint density at radius 1 is 1.47 bits per heavy atom. The Balaban J connectivity index is 3.14. The lowest BCUT2D eigenvalue weighted by Crippen LogP contribution is -2.26. The Hall–Kier alpha value is -1.58. The highest BCUT2D eigenvalue weighted by molar-refractivity contribution is 7.99. The van der Waals surface area contributed by atoms with Crippen molar-refractivity contribution in [2.24, 2.45) is 0 Å². The average Bonchev–Trinajstić information content (AvgIpc) is 2.29. The highest BCUT2D eigenvalue weighted by Gasteiger charge is 2.19. The van der Waals surface area contributed by atoms with Gasteiger partial charge in [0.25, 0.3) is 0 Å². The van der Waals surface area contributed by atoms with E-state index in [1.165, 1.54) is 0 Å². The standard InChI is InChI=1S/C14H15NOS/c1-5-14(3,4)16-12-8-7-9-13(17-6-2)11(12)10-15/h1,7-9H,6H2,2-4H3. The fraction of sp³-hybridized carbons (Fsp3) is 0.357. The van der Waals surface area contributed by atoms with Crippen LogP contribution in [-0.4, -0.2) is 11.4 Å². The van der Waals surface area contributed by atoms with Crippen LogP contribution in [0.2, 0.25) is 0 Å². The molecule has 3 heteroatoms. The largest absolute Gasteiger partial charge is 0.474 e. The van der Waals surface area contributed by atoms with Crippen molar-refractivity contribution in [2.75, 3.05) is 5.75 Å². The zero-order chi connectivity index (χ0) is 12.9. The summed E-state index contributed by atoms with van der Waals surface area (Å²) in [5.74, 6) is 4.02. The van der Waals surface area contributed by atoms with Crippen molar-refractivity contribution in [2.45, 2.75) is 31.3 Å². The topological polar surface area (TPSA) is 33.0 Å². The normalized spacial score (nSPS) is 10.4. The van der Waals surface area contributed by atoms with Crippen LogP contribution in [0, 0.1) is 23.7 Å². The maximum Gasteiger partial charge on any atom is 0.163 e. The van der Waals surface area contributed by atoms with Crippen LogP contribution >= 0.6 is 11.8 Å². The second kappa shape index (κ2) is 5.66. The molecule has 2 nitrogen and oxygen atoms in total. The lowest BCUT2D eigenvalue weighted by Gasteiger charge is -2.21. The summed E-state index contributed by atoms with van der Waals surface area (Å²) in [4.78, 5) is 0.931. The van der Waals surface area contributed by atoms with Gasteiger partial charge in [-0.2, -0.15) is 5.26 Å². The van der Waals surface area contributed by atoms with Gasteiger partial charge in [-0.25, -0.2) is 0 Å². The van der Waals surface area contributed by atoms with Crippen LogP contribution in [0.25, 0.3) is 0 Å². The van der Waals surface area contributed by atoms with Crippen LogP contribution in [0.5, 0.6) is 5.75 Å². The molecule has 0 radical (unpaired) electrons. The number of benzene rings is 1. The van der Waals surface area contributed by atoms with Gasteiger partial charge in [0.1, 0.15) is 17.4 Å². The Morgan fingerprint density at radius 2 is 2.18 bits per heavy atom. The first-order chi connectivity index (χ1) is 8.04. The van der Waals surface area contributed by atoms with Gasteiger partial charge in [0, 0.05) is 4.90 Å². The Kier molecular flexibility index (Phi) is 4.49. The van der Waals surface area contributed by atoms with Crippen molar-refractivity contribution in [1.29, 1.82) is 5.26 Å². The summed E-state index contributed by atoms with van der Waals surface area (Å²) in [6.07, 6.45) is 5.38. The molecule has 0 aromatic heterocycles. The third-order valence-electron chi connectivity index (χ3n) is 2.11. The minimum Gasteiger partial charge on any atom is -0.474 e. The number of terminal acetylenes is 1. The van der Waals surface area contributed by atoms with Gasteiger partial charge in [-0.15, -0.1) is 18.2 Å². The summed E-state index contributed by atoms with van der Waals surface area (Å²) >= 11 is 1.62. The minimum absolute atomic E-state index is 0.550. The van der Waals surface area contributed by atoms with Crippen molar-refractivity contribution >= 4 is 11.8 Å². The summed E-state index contributed by atoms with van der Waals surface area (Å²) in [7, 11) is 0. The fourth-order valence-corrected chi connectivity index (χ4v) is 2.06. The maximum absolute atomic E-state index is 9.20. The van der Waals surface area contributed by atoms with Crippen LogP contribution in [0.4, 0.5) is 0 Å². The number of ether oxygens (including phenoxy) is 1. The van der Waals surface area contributed by atoms with Gasteiger partial charge in [0.15, 0.2) is 5.60 Å². The van der Waals surface area contributed by atoms with Crippen LogP contribution < -0.4 is 4.74 Å². The summed E-state index contributed by atoms with van der Waals surface area (Å²) in [5, 5.41) is 9.20. The molecule has 0 unspecified atom stereocenters. The number of rotatable bonds is 4. The number of hydrogen-bond donors (Lipinski definition) is 0. The fourth-order valence-electron chi connectivity index (χ4n) is 1.29. The molecule has 0 amide bonds. The van der Waals surface area contributed by atoms with E-state index in [1.54, 1.807) is 31.7 Å². The first kappa shape index (κ1) is 13.5. The second-order valence-electron chi connectivity index (χ2n) is 3.93. The highest BCUT2D eigenvalue weighted by Crippen LogP contribution is 2.31. The van der Waals surface area contributed by atoms with E-state index in [0.717, 1.165) is 10.6 Å². The summed E-state index contributed by atoms with van der Waals surface area (Å²) < 4.78 is 5.69. The number of nitriles is 1. The van der Waals surface area contributed by atoms with Crippen LogP contribution in [-0.2, 0) is 0 Å². The predicted molar refractivity (Wildman–Crippen MR) is 71.1 cm³/mol. The SMILES string of the molecule is C#CC(C)(C)Oc1cccc(SCC)c1C#N. The van der Waals surface area contributed by atoms with Gasteiger partial charge in [0.2, 0.25) is 0 Å². The third kappa shape index (κ3) is 3.44. The molecule has 17 heavy (non-hydrogen) atoms. The second-order valence-corrected chi connectivity index (χ2v) is 5.24. The highest BCUT2D eigenvalue weighted by atomic mass is 32.2. The van der Waals surface area contributed by atoms with E-state index in [-0.39, 0.29) is 0 Å². The van der Waals surface area contributed by atoms with Gasteiger partial charge in [-0.3, -0.25) is 0 Å². The van der Waals surface area contributed by atoms with Gasteiger partial charge in [-0.1, -0.05) is 18.9 Å². The van der Waals surface area contributed by atoms with Crippen molar-refractivity contribution in [1.82, 2.24) is 0 Å². The molecule has 0 bridgehead atoms. The number of nitrogens with zero attached hydrogens (tertiary/aromatic N) is 1. The van der Waals surface area contributed by atoms with Gasteiger partial charge < -0.3 is 4.74 Å². The first-order valence-electron chi connectivity index (χ1n) is 5.36. The molecule has 0 N–H and O–H groups in total. The molecular weight excluding hydrogens is 230 g/mol. The van der Waals surface area contributed by atoms with E-state index in [2.05, 4.69) is 12.0 Å². The summed E-state index contributed by atoms with van der Waals surface area (Å²) in [6, 6.07) is 7.75. The zero-order valence-electron chi connectivity index (χ0n) is 10.3. The molecule has 0 atom stereocenters. The van der Waals surface area contributed by atoms with E-state index in [4.69, 9.17) is 11.2 Å². The van der Waals surface area contributed by atoms with E-state index >= 15 is 0 Å². The Labute approximate surface area is 107 Å². The molecule has 1 aromatic rings. The molecule has 0 spiro atoms. The van der Waals surface area contributed by atoms with Gasteiger partial charge >= 0.3 is 0 Å². The lowest BCUT2D eigenvalue weighted by molar-refractivity contribution is 0.171. The molecular formula is C14H15NOS. The van der Waals surface area contributed by atoms with Gasteiger partial charge in [0.05, 0.1) is 0 Å². The monoisotopic (exact) mass is 245 g/mol. The Bertz CT molecular complexity index is 480. The molecule has 0 heterocycles. The molecule has 0 aliphatic heterocycles. The van der Waals surface area contributed by atoms with Crippen LogP contribution in [0.15, 0.2) is 23.1 Å². The third-order valence-corrected chi connectivity index (χ3v) is 3.05. The zero-order valence-corrected chi connectivity index (χ0v) is 11.1. The number of hydrogen-bond acceptors (Lipinski definition) is 3. The Morgan fingerprint density at radius 3 is 2.71 bits per heavy atom. The molecule has 0 aliphatic carbocycles. The molecule has 1 aromatic carbocycles. The van der Waals surface area contributed by atoms with E-state index in [1.807, 2.05) is 19.1 Å². The molecule has 88 valence electrons. The molecule has 0 saturated carbocycles. The van der Waals surface area contributed by atoms with Crippen LogP contribution in [0.1, 0.15) is 26.3 Å². The van der Waals surface area contributed by atoms with Gasteiger partial charge in [-0.05, 0) is 31.7 Å². The predicted octanol–water partition coefficient (Wildman–Crippen LogP) is 3.46. The average molecular weight is 245 g/mol. The van der Waals surface area contributed by atoms with E-state index in [9.17, 15) is 5.26 Å². The summed E-state index contributed by atoms with van der Waals surface area (Å²) in [6.45, 7) is 5.65. The van der Waals surface area contributed by atoms with Crippen molar-refractivity contribution in [3.05, 3.63) is 23.8 Å². The van der Waals surface area contributed by atoms with Crippen molar-refractivity contribution < 1.29 is 4.74 Å². The molecule has 0 fully saturated rings. The van der Waals surface area contributed by atoms with Crippen LogP contribution in [0.3, 0.4) is 0 Å². The number of thioether (sulfide) groups is 1. The quantitative estimate of drug-likeness (QED) is 0.601. The molecule has 0 saturated heterocycles. The van der Waals surface area contributed by atoms with E-state index in [0.29, 0.717) is 11.3 Å². The smallest absolute Gasteiger partial charge is 0.163 e. The first-order valence-corrected chi connectivity index (χ1v) is 6.35. The van der Waals surface area contributed by atoms with E-state index < -0.39 is 5.60 Å². The van der Waals surface area contributed by atoms with Crippen molar-refractivity contribution in [3.63, 3.8) is 0 Å². The summed E-state index contributed by atoms with van der Waals surface area (Å²) in [5.41, 5.74) is -0.149. The minimum atomic E-state index is -0.707. The maximum atomic E-state index is 9.20. The lowest BCUT2D eigenvalue weighted by atomic mass is 10.1.